The minimum absolute atomic E-state index is 0.0296. The lowest BCUT2D eigenvalue weighted by atomic mass is 10.1. The molecule has 0 atom stereocenters. The maximum absolute atomic E-state index is 12.5. The van der Waals surface area contributed by atoms with E-state index in [0.29, 0.717) is 0 Å². The number of thiophene rings is 1. The normalized spacial score (nSPS) is 17.0. The minimum atomic E-state index is -0.692. The van der Waals surface area contributed by atoms with Gasteiger partial charge in [0.15, 0.2) is 0 Å². The van der Waals surface area contributed by atoms with E-state index in [9.17, 15) is 14.4 Å². The van der Waals surface area contributed by atoms with Gasteiger partial charge in [-0.1, -0.05) is 36.4 Å². The number of hydrogen-bond acceptors (Lipinski definition) is 4. The third kappa shape index (κ3) is 2.82. The number of imide groups is 2. The van der Waals surface area contributed by atoms with Crippen LogP contribution in [-0.4, -0.2) is 22.7 Å². The second-order valence-corrected chi connectivity index (χ2v) is 5.69. The first-order valence-electron chi connectivity index (χ1n) is 6.61. The molecule has 1 aliphatic rings. The van der Waals surface area contributed by atoms with Gasteiger partial charge >= 0.3 is 6.03 Å². The number of rotatable bonds is 3. The summed E-state index contributed by atoms with van der Waals surface area (Å²) < 4.78 is 0. The molecule has 3 rings (SSSR count). The third-order valence-corrected chi connectivity index (χ3v) is 4.02. The average Bonchev–Trinajstić information content (AvgIpc) is 3.02. The van der Waals surface area contributed by atoms with Gasteiger partial charge in [-0.3, -0.25) is 19.8 Å². The van der Waals surface area contributed by atoms with Crippen LogP contribution in [0.1, 0.15) is 10.4 Å². The zero-order valence-corrected chi connectivity index (χ0v) is 12.3. The summed E-state index contributed by atoms with van der Waals surface area (Å²) >= 11 is 1.41. The van der Waals surface area contributed by atoms with Gasteiger partial charge in [0, 0.05) is 4.88 Å². The van der Waals surface area contributed by atoms with Gasteiger partial charge in [-0.2, -0.15) is 0 Å². The molecule has 22 heavy (non-hydrogen) atoms. The molecule has 6 heteroatoms. The Bertz CT molecular complexity index is 751. The number of urea groups is 1. The first-order chi connectivity index (χ1) is 10.6. The van der Waals surface area contributed by atoms with E-state index in [0.717, 1.165) is 15.3 Å². The van der Waals surface area contributed by atoms with Crippen LogP contribution in [0.25, 0.3) is 6.08 Å². The van der Waals surface area contributed by atoms with Crippen molar-refractivity contribution < 1.29 is 14.4 Å². The van der Waals surface area contributed by atoms with E-state index in [-0.39, 0.29) is 12.1 Å². The molecule has 1 aromatic carbocycles. The van der Waals surface area contributed by atoms with Gasteiger partial charge in [-0.25, -0.2) is 4.79 Å². The van der Waals surface area contributed by atoms with Gasteiger partial charge < -0.3 is 0 Å². The molecule has 1 N–H and O–H groups in total. The number of nitrogens with one attached hydrogen (secondary N) is 1. The smallest absolute Gasteiger partial charge is 0.273 e. The molecule has 0 spiro atoms. The van der Waals surface area contributed by atoms with Crippen LogP contribution in [0.3, 0.4) is 0 Å². The molecule has 5 nitrogen and oxygen atoms in total. The highest BCUT2D eigenvalue weighted by molar-refractivity contribution is 7.10. The summed E-state index contributed by atoms with van der Waals surface area (Å²) in [6, 6.07) is 12.1. The highest BCUT2D eigenvalue weighted by Gasteiger charge is 2.35. The highest BCUT2D eigenvalue weighted by atomic mass is 32.1. The van der Waals surface area contributed by atoms with Crippen LogP contribution in [0.2, 0.25) is 0 Å². The molecule has 2 aromatic rings. The minimum Gasteiger partial charge on any atom is -0.273 e. The number of amides is 4. The van der Waals surface area contributed by atoms with Crippen molar-refractivity contribution in [2.45, 2.75) is 6.54 Å². The van der Waals surface area contributed by atoms with Crippen molar-refractivity contribution in [2.75, 3.05) is 0 Å². The average molecular weight is 312 g/mol. The molecular formula is C16H12N2O3S. The van der Waals surface area contributed by atoms with Crippen molar-refractivity contribution in [3.8, 4) is 0 Å². The first kappa shape index (κ1) is 14.2. The Morgan fingerprint density at radius 1 is 1.05 bits per heavy atom. The topological polar surface area (TPSA) is 66.5 Å². The molecule has 0 aliphatic carbocycles. The van der Waals surface area contributed by atoms with Crippen molar-refractivity contribution in [3.63, 3.8) is 0 Å². The Morgan fingerprint density at radius 3 is 2.50 bits per heavy atom. The molecular weight excluding hydrogens is 300 g/mol. The van der Waals surface area contributed by atoms with Gasteiger partial charge in [0.25, 0.3) is 11.8 Å². The predicted octanol–water partition coefficient (Wildman–Crippen LogP) is 2.41. The van der Waals surface area contributed by atoms with Gasteiger partial charge in [-0.05, 0) is 23.1 Å². The summed E-state index contributed by atoms with van der Waals surface area (Å²) in [4.78, 5) is 38.1. The quantitative estimate of drug-likeness (QED) is 0.699. The lowest BCUT2D eigenvalue weighted by Crippen LogP contribution is -2.53. The summed E-state index contributed by atoms with van der Waals surface area (Å²) in [7, 11) is 0. The first-order valence-corrected chi connectivity index (χ1v) is 7.49. The lowest BCUT2D eigenvalue weighted by molar-refractivity contribution is -0.130. The molecule has 1 aliphatic heterocycles. The number of carbonyl (C=O) groups excluding carboxylic acids is 3. The number of carbonyl (C=O) groups is 3. The second-order valence-electron chi connectivity index (χ2n) is 4.71. The molecule has 0 radical (unpaired) electrons. The van der Waals surface area contributed by atoms with E-state index in [1.807, 2.05) is 41.8 Å². The predicted molar refractivity (Wildman–Crippen MR) is 82.8 cm³/mol. The van der Waals surface area contributed by atoms with Crippen molar-refractivity contribution in [2.24, 2.45) is 0 Å². The van der Waals surface area contributed by atoms with Crippen molar-refractivity contribution in [1.82, 2.24) is 10.2 Å². The van der Waals surface area contributed by atoms with Crippen molar-refractivity contribution in [3.05, 3.63) is 63.9 Å². The maximum Gasteiger partial charge on any atom is 0.331 e. The van der Waals surface area contributed by atoms with Crippen LogP contribution in [0.15, 0.2) is 53.4 Å². The molecule has 1 aromatic heterocycles. The summed E-state index contributed by atoms with van der Waals surface area (Å²) in [6.07, 6.45) is 1.51. The maximum atomic E-state index is 12.5. The fourth-order valence-electron chi connectivity index (χ4n) is 2.12. The van der Waals surface area contributed by atoms with Crippen molar-refractivity contribution in [1.29, 1.82) is 0 Å². The largest absolute Gasteiger partial charge is 0.331 e. The Morgan fingerprint density at radius 2 is 1.82 bits per heavy atom. The SMILES string of the molecule is O=C1NC(=O)N(Cc2ccccc2)C(=O)/C1=C/c1cccs1. The monoisotopic (exact) mass is 312 g/mol. The zero-order chi connectivity index (χ0) is 15.5. The molecule has 0 bridgehead atoms. The Balaban J connectivity index is 1.89. The number of hydrogen-bond donors (Lipinski definition) is 1. The number of barbiturate groups is 1. The van der Waals surface area contributed by atoms with E-state index >= 15 is 0 Å². The van der Waals surface area contributed by atoms with Gasteiger partial charge in [-0.15, -0.1) is 11.3 Å². The van der Waals surface area contributed by atoms with E-state index in [1.165, 1.54) is 17.4 Å². The van der Waals surface area contributed by atoms with Crippen LogP contribution in [0.5, 0.6) is 0 Å². The number of benzene rings is 1. The Hall–Kier alpha value is -2.73. The molecule has 110 valence electrons. The molecule has 0 saturated carbocycles. The van der Waals surface area contributed by atoms with Gasteiger partial charge in [0.1, 0.15) is 5.57 Å². The second kappa shape index (κ2) is 5.95. The van der Waals surface area contributed by atoms with Crippen LogP contribution in [-0.2, 0) is 16.1 Å². The highest BCUT2D eigenvalue weighted by Crippen LogP contribution is 2.19. The molecule has 2 heterocycles. The Kier molecular flexibility index (Phi) is 3.84. The van der Waals surface area contributed by atoms with E-state index in [2.05, 4.69) is 5.32 Å². The summed E-state index contributed by atoms with van der Waals surface area (Å²) in [5.41, 5.74) is 0.786. The van der Waals surface area contributed by atoms with Crippen LogP contribution >= 0.6 is 11.3 Å². The van der Waals surface area contributed by atoms with E-state index in [4.69, 9.17) is 0 Å². The van der Waals surface area contributed by atoms with Crippen LogP contribution in [0.4, 0.5) is 4.79 Å². The van der Waals surface area contributed by atoms with Gasteiger partial charge in [0.05, 0.1) is 6.54 Å². The van der Waals surface area contributed by atoms with Gasteiger partial charge in [0.2, 0.25) is 0 Å². The standard InChI is InChI=1S/C16H12N2O3S/c19-14-13(9-12-7-4-8-22-12)15(20)18(16(21)17-14)10-11-5-2-1-3-6-11/h1-9H,10H2,(H,17,19,21)/b13-9+. The van der Waals surface area contributed by atoms with E-state index < -0.39 is 17.8 Å². The third-order valence-electron chi connectivity index (χ3n) is 3.20. The Labute approximate surface area is 130 Å². The molecule has 4 amide bonds. The molecule has 1 saturated heterocycles. The molecule has 1 fully saturated rings. The summed E-state index contributed by atoms with van der Waals surface area (Å²) in [6.45, 7) is 0.126. The fourth-order valence-corrected chi connectivity index (χ4v) is 2.78. The fraction of sp³-hybridized carbons (Fsp3) is 0.0625. The summed E-state index contributed by atoms with van der Waals surface area (Å²) in [5.74, 6) is -1.24. The van der Waals surface area contributed by atoms with Crippen LogP contribution in [0, 0.1) is 0 Å². The van der Waals surface area contributed by atoms with Crippen LogP contribution < -0.4 is 5.32 Å². The molecule has 0 unspecified atom stereocenters. The van der Waals surface area contributed by atoms with E-state index in [1.54, 1.807) is 6.07 Å². The number of nitrogens with zero attached hydrogens (tertiary/aromatic N) is 1. The lowest BCUT2D eigenvalue weighted by Gasteiger charge is -2.26. The zero-order valence-electron chi connectivity index (χ0n) is 11.5. The van der Waals surface area contributed by atoms with Crippen molar-refractivity contribution >= 4 is 35.3 Å². The summed E-state index contributed by atoms with van der Waals surface area (Å²) in [5, 5.41) is 4.06.